The summed E-state index contributed by atoms with van der Waals surface area (Å²) in [5.41, 5.74) is 1.14. The summed E-state index contributed by atoms with van der Waals surface area (Å²) in [5, 5.41) is 0. The molecule has 1 atom stereocenters. The van der Waals surface area contributed by atoms with Crippen LogP contribution in [0.4, 0.5) is 0 Å². The normalized spacial score (nSPS) is 18.0. The number of amides is 1. The molecule has 0 unspecified atom stereocenters. The Bertz CT molecular complexity index is 709. The van der Waals surface area contributed by atoms with Crippen molar-refractivity contribution in [2.45, 2.75) is 25.8 Å². The molecule has 21 heavy (non-hydrogen) atoms. The molecule has 1 aliphatic heterocycles. The highest BCUT2D eigenvalue weighted by Gasteiger charge is 2.27. The first-order valence-corrected chi connectivity index (χ1v) is 7.12. The molecule has 2 aromatic rings. The number of rotatable bonds is 2. The minimum Gasteiger partial charge on any atom is -0.336 e. The number of H-pyrrole nitrogens is 1. The van der Waals surface area contributed by atoms with Gasteiger partial charge in [0.15, 0.2) is 0 Å². The van der Waals surface area contributed by atoms with Gasteiger partial charge in [-0.3, -0.25) is 14.6 Å². The maximum absolute atomic E-state index is 12.4. The van der Waals surface area contributed by atoms with Crippen molar-refractivity contribution in [1.29, 1.82) is 0 Å². The van der Waals surface area contributed by atoms with E-state index in [1.807, 2.05) is 25.1 Å². The molecule has 5 heteroatoms. The van der Waals surface area contributed by atoms with Gasteiger partial charge in [0, 0.05) is 18.8 Å². The lowest BCUT2D eigenvalue weighted by Crippen LogP contribution is -2.36. The van der Waals surface area contributed by atoms with E-state index in [0.29, 0.717) is 11.4 Å². The number of aromatic amines is 1. The summed E-state index contributed by atoms with van der Waals surface area (Å²) in [7, 11) is 0. The van der Waals surface area contributed by atoms with Crippen molar-refractivity contribution >= 4 is 5.91 Å². The number of carbonyl (C=O) groups excluding carboxylic acids is 1. The van der Waals surface area contributed by atoms with Crippen molar-refractivity contribution in [1.82, 2.24) is 14.9 Å². The highest BCUT2D eigenvalue weighted by atomic mass is 16.2. The molecule has 3 heterocycles. The van der Waals surface area contributed by atoms with E-state index in [1.54, 1.807) is 23.2 Å². The maximum atomic E-state index is 12.4. The SMILES string of the molecule is C[C@@H]1CCCN1C(=O)c1ccc(-c2ccccn2)[nH]c1=O. The minimum atomic E-state index is -0.359. The fourth-order valence-electron chi connectivity index (χ4n) is 2.70. The monoisotopic (exact) mass is 283 g/mol. The Hall–Kier alpha value is -2.43. The highest BCUT2D eigenvalue weighted by Crippen LogP contribution is 2.19. The zero-order valence-electron chi connectivity index (χ0n) is 11.9. The first-order valence-electron chi connectivity index (χ1n) is 7.12. The number of hydrogen-bond acceptors (Lipinski definition) is 3. The number of hydrogen-bond donors (Lipinski definition) is 1. The first-order chi connectivity index (χ1) is 10.2. The van der Waals surface area contributed by atoms with Gasteiger partial charge in [-0.15, -0.1) is 0 Å². The maximum Gasteiger partial charge on any atom is 0.261 e. The third-order valence-corrected chi connectivity index (χ3v) is 3.89. The summed E-state index contributed by atoms with van der Waals surface area (Å²) < 4.78 is 0. The predicted molar refractivity (Wildman–Crippen MR) is 80.0 cm³/mol. The van der Waals surface area contributed by atoms with Crippen LogP contribution >= 0.6 is 0 Å². The van der Waals surface area contributed by atoms with E-state index >= 15 is 0 Å². The molecule has 0 saturated carbocycles. The fourth-order valence-corrected chi connectivity index (χ4v) is 2.70. The van der Waals surface area contributed by atoms with E-state index < -0.39 is 0 Å². The highest BCUT2D eigenvalue weighted by molar-refractivity contribution is 5.94. The Morgan fingerprint density at radius 3 is 2.81 bits per heavy atom. The smallest absolute Gasteiger partial charge is 0.261 e. The van der Waals surface area contributed by atoms with Crippen molar-refractivity contribution in [3.05, 3.63) is 52.4 Å². The number of pyridine rings is 2. The molecule has 1 fully saturated rings. The number of nitrogens with zero attached hydrogens (tertiary/aromatic N) is 2. The lowest BCUT2D eigenvalue weighted by Gasteiger charge is -2.20. The Balaban J connectivity index is 1.92. The average molecular weight is 283 g/mol. The molecule has 0 spiro atoms. The van der Waals surface area contributed by atoms with Crippen LogP contribution in [0.25, 0.3) is 11.4 Å². The summed E-state index contributed by atoms with van der Waals surface area (Å²) in [6.45, 7) is 2.74. The van der Waals surface area contributed by atoms with Crippen molar-refractivity contribution in [3.63, 3.8) is 0 Å². The van der Waals surface area contributed by atoms with Crippen LogP contribution < -0.4 is 5.56 Å². The van der Waals surface area contributed by atoms with Crippen LogP contribution in [-0.4, -0.2) is 33.4 Å². The molecule has 1 N–H and O–H groups in total. The molecule has 1 amide bonds. The van der Waals surface area contributed by atoms with Gasteiger partial charge in [-0.1, -0.05) is 6.07 Å². The van der Waals surface area contributed by atoms with E-state index in [2.05, 4.69) is 9.97 Å². The third kappa shape index (κ3) is 2.59. The quantitative estimate of drug-likeness (QED) is 0.917. The Morgan fingerprint density at radius 2 is 2.19 bits per heavy atom. The summed E-state index contributed by atoms with van der Waals surface area (Å²) >= 11 is 0. The molecule has 2 aromatic heterocycles. The molecule has 1 saturated heterocycles. The number of likely N-dealkylation sites (tertiary alicyclic amines) is 1. The summed E-state index contributed by atoms with van der Waals surface area (Å²) in [5.74, 6) is -0.186. The van der Waals surface area contributed by atoms with Crippen LogP contribution in [0.2, 0.25) is 0 Å². The molecule has 108 valence electrons. The van der Waals surface area contributed by atoms with Crippen molar-refractivity contribution < 1.29 is 4.79 Å². The van der Waals surface area contributed by atoms with E-state index in [1.165, 1.54) is 0 Å². The van der Waals surface area contributed by atoms with Crippen LogP contribution in [-0.2, 0) is 0 Å². The van der Waals surface area contributed by atoms with Crippen molar-refractivity contribution in [2.75, 3.05) is 6.54 Å². The van der Waals surface area contributed by atoms with Gasteiger partial charge in [0.25, 0.3) is 11.5 Å². The van der Waals surface area contributed by atoms with Gasteiger partial charge >= 0.3 is 0 Å². The molecule has 0 radical (unpaired) electrons. The zero-order chi connectivity index (χ0) is 14.8. The zero-order valence-corrected chi connectivity index (χ0v) is 11.9. The van der Waals surface area contributed by atoms with Crippen LogP contribution in [0, 0.1) is 0 Å². The fraction of sp³-hybridized carbons (Fsp3) is 0.312. The van der Waals surface area contributed by atoms with Crippen molar-refractivity contribution in [3.8, 4) is 11.4 Å². The Labute approximate surface area is 122 Å². The molecule has 1 aliphatic rings. The van der Waals surface area contributed by atoms with Gasteiger partial charge in [-0.25, -0.2) is 0 Å². The van der Waals surface area contributed by atoms with E-state index in [4.69, 9.17) is 0 Å². The predicted octanol–water partition coefficient (Wildman–Crippen LogP) is 2.06. The molecular formula is C16H17N3O2. The van der Waals surface area contributed by atoms with Crippen molar-refractivity contribution in [2.24, 2.45) is 0 Å². The second-order valence-electron chi connectivity index (χ2n) is 5.32. The van der Waals surface area contributed by atoms with E-state index in [-0.39, 0.29) is 23.1 Å². The minimum absolute atomic E-state index is 0.186. The molecule has 5 nitrogen and oxygen atoms in total. The second kappa shape index (κ2) is 5.52. The summed E-state index contributed by atoms with van der Waals surface area (Å²) in [4.78, 5) is 33.3. The molecular weight excluding hydrogens is 266 g/mol. The number of carbonyl (C=O) groups is 1. The second-order valence-corrected chi connectivity index (χ2v) is 5.32. The molecule has 0 aliphatic carbocycles. The van der Waals surface area contributed by atoms with Crippen LogP contribution in [0.15, 0.2) is 41.3 Å². The number of aromatic nitrogens is 2. The summed E-state index contributed by atoms with van der Waals surface area (Å²) in [6.07, 6.45) is 3.66. The largest absolute Gasteiger partial charge is 0.336 e. The van der Waals surface area contributed by atoms with Gasteiger partial charge in [-0.2, -0.15) is 0 Å². The van der Waals surface area contributed by atoms with E-state index in [0.717, 1.165) is 19.4 Å². The third-order valence-electron chi connectivity index (χ3n) is 3.89. The Kier molecular flexibility index (Phi) is 3.56. The van der Waals surface area contributed by atoms with E-state index in [9.17, 15) is 9.59 Å². The van der Waals surface area contributed by atoms with Gasteiger partial charge in [0.1, 0.15) is 5.56 Å². The lowest BCUT2D eigenvalue weighted by molar-refractivity contribution is 0.0745. The van der Waals surface area contributed by atoms with Gasteiger partial charge in [-0.05, 0) is 44.0 Å². The van der Waals surface area contributed by atoms with Gasteiger partial charge < -0.3 is 9.88 Å². The lowest BCUT2D eigenvalue weighted by atomic mass is 10.1. The average Bonchev–Trinajstić information content (AvgIpc) is 2.93. The van der Waals surface area contributed by atoms with Crippen LogP contribution in [0.1, 0.15) is 30.1 Å². The molecule has 3 rings (SSSR count). The molecule has 0 bridgehead atoms. The van der Waals surface area contributed by atoms with Gasteiger partial charge in [0.2, 0.25) is 0 Å². The standard InChI is InChI=1S/C16H17N3O2/c1-11-5-4-10-19(11)16(21)12-7-8-14(18-15(12)20)13-6-2-3-9-17-13/h2-3,6-9,11H,4-5,10H2,1H3,(H,18,20)/t11-/m1/s1. The first kappa shape index (κ1) is 13.5. The molecule has 0 aromatic carbocycles. The van der Waals surface area contributed by atoms with Crippen LogP contribution in [0.3, 0.4) is 0 Å². The number of nitrogens with one attached hydrogen (secondary N) is 1. The van der Waals surface area contributed by atoms with Gasteiger partial charge in [0.05, 0.1) is 11.4 Å². The Morgan fingerprint density at radius 1 is 1.33 bits per heavy atom. The summed E-state index contributed by atoms with van der Waals surface area (Å²) in [6, 6.07) is 9.01. The topological polar surface area (TPSA) is 66.1 Å². The van der Waals surface area contributed by atoms with Crippen LogP contribution in [0.5, 0.6) is 0 Å².